The first-order valence-electron chi connectivity index (χ1n) is 6.64. The van der Waals surface area contributed by atoms with E-state index in [-0.39, 0.29) is 11.8 Å². The van der Waals surface area contributed by atoms with E-state index in [1.807, 2.05) is 31.2 Å². The Morgan fingerprint density at radius 2 is 2.11 bits per heavy atom. The third kappa shape index (κ3) is 4.20. The molecule has 1 aliphatic rings. The van der Waals surface area contributed by atoms with Gasteiger partial charge in [0.25, 0.3) is 0 Å². The second-order valence-corrected chi connectivity index (χ2v) is 7.54. The Hall–Kier alpha value is -0.580. The van der Waals surface area contributed by atoms with Gasteiger partial charge in [0.15, 0.2) is 0 Å². The zero-order valence-electron chi connectivity index (χ0n) is 11.2. The van der Waals surface area contributed by atoms with Crippen LogP contribution in [0.5, 0.6) is 0 Å². The molecule has 1 aromatic carbocycles. The van der Waals surface area contributed by atoms with Crippen LogP contribution < -0.4 is 0 Å². The van der Waals surface area contributed by atoms with E-state index in [0.717, 1.165) is 24.0 Å². The fourth-order valence-electron chi connectivity index (χ4n) is 2.16. The van der Waals surface area contributed by atoms with E-state index in [0.29, 0.717) is 18.8 Å². The molecule has 1 fully saturated rings. The van der Waals surface area contributed by atoms with Crippen molar-refractivity contribution in [2.75, 3.05) is 11.6 Å². The van der Waals surface area contributed by atoms with Gasteiger partial charge in [-0.1, -0.05) is 29.8 Å². The van der Waals surface area contributed by atoms with E-state index in [2.05, 4.69) is 0 Å². The van der Waals surface area contributed by atoms with Crippen LogP contribution >= 0.6 is 11.6 Å². The number of rotatable bonds is 7. The molecule has 0 bridgehead atoms. The summed E-state index contributed by atoms with van der Waals surface area (Å²) in [7, 11) is -3.18. The number of nitrogens with zero attached hydrogens (tertiary/aromatic N) is 1. The molecule has 0 unspecified atom stereocenters. The van der Waals surface area contributed by atoms with Crippen molar-refractivity contribution in [3.63, 3.8) is 0 Å². The fraction of sp³-hybridized carbons (Fsp3) is 0.571. The summed E-state index contributed by atoms with van der Waals surface area (Å²) in [5.74, 6) is 0.543. The summed E-state index contributed by atoms with van der Waals surface area (Å²) in [6, 6.07) is 8.22. The van der Waals surface area contributed by atoms with Gasteiger partial charge in [0.2, 0.25) is 10.0 Å². The Morgan fingerprint density at radius 1 is 1.37 bits per heavy atom. The van der Waals surface area contributed by atoms with E-state index in [9.17, 15) is 8.42 Å². The molecule has 3 nitrogen and oxygen atoms in total. The average molecular weight is 302 g/mol. The Kier molecular flexibility index (Phi) is 4.87. The first kappa shape index (κ1) is 14.8. The normalized spacial score (nSPS) is 15.9. The van der Waals surface area contributed by atoms with Crippen LogP contribution in [-0.4, -0.2) is 30.4 Å². The van der Waals surface area contributed by atoms with Crippen molar-refractivity contribution < 1.29 is 8.42 Å². The van der Waals surface area contributed by atoms with Crippen molar-refractivity contribution in [2.24, 2.45) is 0 Å². The van der Waals surface area contributed by atoms with Crippen molar-refractivity contribution in [2.45, 2.75) is 38.8 Å². The Labute approximate surface area is 120 Å². The summed E-state index contributed by atoms with van der Waals surface area (Å²) in [6.45, 7) is 2.50. The molecule has 1 aliphatic carbocycles. The molecule has 5 heteroatoms. The molecule has 0 N–H and O–H groups in total. The minimum atomic E-state index is -3.18. The van der Waals surface area contributed by atoms with Gasteiger partial charge in [0.05, 0.1) is 5.75 Å². The van der Waals surface area contributed by atoms with Gasteiger partial charge in [-0.25, -0.2) is 8.42 Å². The number of halogens is 1. The third-order valence-corrected chi connectivity index (χ3v) is 5.48. The molecule has 1 saturated carbocycles. The average Bonchev–Trinajstić information content (AvgIpc) is 3.18. The van der Waals surface area contributed by atoms with Crippen LogP contribution in [0.25, 0.3) is 0 Å². The number of sulfonamides is 1. The van der Waals surface area contributed by atoms with Crippen molar-refractivity contribution in [3.8, 4) is 0 Å². The molecular formula is C14H20ClNO2S. The maximum absolute atomic E-state index is 12.3. The monoisotopic (exact) mass is 301 g/mol. The van der Waals surface area contributed by atoms with Gasteiger partial charge in [-0.15, -0.1) is 11.6 Å². The van der Waals surface area contributed by atoms with Crippen LogP contribution in [-0.2, 0) is 16.6 Å². The first-order valence-corrected chi connectivity index (χ1v) is 8.78. The summed E-state index contributed by atoms with van der Waals surface area (Å²) in [5, 5.41) is 0. The molecule has 2 rings (SSSR count). The molecule has 0 aliphatic heterocycles. The summed E-state index contributed by atoms with van der Waals surface area (Å²) < 4.78 is 26.3. The van der Waals surface area contributed by atoms with E-state index in [4.69, 9.17) is 11.6 Å². The third-order valence-electron chi connectivity index (χ3n) is 3.27. The zero-order chi connectivity index (χ0) is 13.9. The van der Waals surface area contributed by atoms with Crippen LogP contribution in [0.15, 0.2) is 24.3 Å². The van der Waals surface area contributed by atoms with Crippen LogP contribution in [0.4, 0.5) is 0 Å². The van der Waals surface area contributed by atoms with E-state index < -0.39 is 10.0 Å². The molecular weight excluding hydrogens is 282 g/mol. The van der Waals surface area contributed by atoms with Gasteiger partial charge >= 0.3 is 0 Å². The molecule has 0 heterocycles. The summed E-state index contributed by atoms with van der Waals surface area (Å²) in [6.07, 6.45) is 2.47. The standard InChI is InChI=1S/C14H20ClNO2S/c1-12-4-2-5-13(10-12)11-16(14-6-7-14)19(17,18)9-3-8-15/h2,4-5,10,14H,3,6-9,11H2,1H3. The van der Waals surface area contributed by atoms with Crippen molar-refractivity contribution in [1.82, 2.24) is 4.31 Å². The minimum Gasteiger partial charge on any atom is -0.212 e. The highest BCUT2D eigenvalue weighted by Crippen LogP contribution is 2.31. The molecule has 0 radical (unpaired) electrons. The van der Waals surface area contributed by atoms with Crippen molar-refractivity contribution in [3.05, 3.63) is 35.4 Å². The van der Waals surface area contributed by atoms with Crippen molar-refractivity contribution in [1.29, 1.82) is 0 Å². The molecule has 0 saturated heterocycles. The van der Waals surface area contributed by atoms with Gasteiger partial charge in [0.1, 0.15) is 0 Å². The van der Waals surface area contributed by atoms with Crippen molar-refractivity contribution >= 4 is 21.6 Å². The molecule has 106 valence electrons. The molecule has 0 atom stereocenters. The summed E-state index contributed by atoms with van der Waals surface area (Å²) >= 11 is 5.61. The van der Waals surface area contributed by atoms with Gasteiger partial charge < -0.3 is 0 Å². The van der Waals surface area contributed by atoms with E-state index in [1.54, 1.807) is 4.31 Å². The fourth-order valence-corrected chi connectivity index (χ4v) is 4.21. The highest BCUT2D eigenvalue weighted by atomic mass is 35.5. The minimum absolute atomic E-state index is 0.152. The molecule has 0 spiro atoms. The van der Waals surface area contributed by atoms with Gasteiger partial charge in [0, 0.05) is 18.5 Å². The van der Waals surface area contributed by atoms with Gasteiger partial charge in [-0.2, -0.15) is 4.31 Å². The van der Waals surface area contributed by atoms with E-state index >= 15 is 0 Å². The van der Waals surface area contributed by atoms with Gasteiger partial charge in [-0.05, 0) is 31.7 Å². The molecule has 0 aromatic heterocycles. The largest absolute Gasteiger partial charge is 0.214 e. The SMILES string of the molecule is Cc1cccc(CN(C2CC2)S(=O)(=O)CCCCl)c1. The second-order valence-electron chi connectivity index (χ2n) is 5.12. The van der Waals surface area contributed by atoms with Gasteiger partial charge in [-0.3, -0.25) is 0 Å². The number of alkyl halides is 1. The lowest BCUT2D eigenvalue weighted by molar-refractivity contribution is 0.398. The topological polar surface area (TPSA) is 37.4 Å². The Morgan fingerprint density at radius 3 is 2.68 bits per heavy atom. The second kappa shape index (κ2) is 6.25. The Balaban J connectivity index is 2.12. The summed E-state index contributed by atoms with van der Waals surface area (Å²) in [5.41, 5.74) is 2.22. The molecule has 0 amide bonds. The smallest absolute Gasteiger partial charge is 0.212 e. The van der Waals surface area contributed by atoms with Crippen LogP contribution in [0.3, 0.4) is 0 Å². The lowest BCUT2D eigenvalue weighted by atomic mass is 10.1. The Bertz CT molecular complexity index is 526. The number of hydrogen-bond acceptors (Lipinski definition) is 2. The highest BCUT2D eigenvalue weighted by molar-refractivity contribution is 7.89. The zero-order valence-corrected chi connectivity index (χ0v) is 12.8. The lowest BCUT2D eigenvalue weighted by Crippen LogP contribution is -2.34. The maximum atomic E-state index is 12.3. The van der Waals surface area contributed by atoms with Crippen LogP contribution in [0.1, 0.15) is 30.4 Å². The first-order chi connectivity index (χ1) is 9.03. The van der Waals surface area contributed by atoms with E-state index in [1.165, 1.54) is 0 Å². The number of aryl methyl sites for hydroxylation is 1. The maximum Gasteiger partial charge on any atom is 0.214 e. The quantitative estimate of drug-likeness (QED) is 0.726. The predicted octanol–water partition coefficient (Wildman–Crippen LogP) is 2.92. The highest BCUT2D eigenvalue weighted by Gasteiger charge is 2.36. The number of hydrogen-bond donors (Lipinski definition) is 0. The van der Waals surface area contributed by atoms with Crippen LogP contribution in [0, 0.1) is 6.92 Å². The summed E-state index contributed by atoms with van der Waals surface area (Å²) in [4.78, 5) is 0. The molecule has 1 aromatic rings. The lowest BCUT2D eigenvalue weighted by Gasteiger charge is -2.22. The van der Waals surface area contributed by atoms with Crippen LogP contribution in [0.2, 0.25) is 0 Å². The number of benzene rings is 1. The predicted molar refractivity (Wildman–Crippen MR) is 78.9 cm³/mol. The molecule has 19 heavy (non-hydrogen) atoms.